The maximum atomic E-state index is 5.68. The highest BCUT2D eigenvalue weighted by Gasteiger charge is 2.33. The summed E-state index contributed by atoms with van der Waals surface area (Å²) < 4.78 is 7.67. The molecule has 130 valence electrons. The zero-order chi connectivity index (χ0) is 17.4. The lowest BCUT2D eigenvalue weighted by Crippen LogP contribution is -2.32. The van der Waals surface area contributed by atoms with Crippen molar-refractivity contribution < 1.29 is 4.42 Å². The summed E-state index contributed by atoms with van der Waals surface area (Å²) in [5.41, 5.74) is 2.73. The first-order chi connectivity index (χ1) is 12.0. The van der Waals surface area contributed by atoms with E-state index in [-0.39, 0.29) is 5.41 Å². The van der Waals surface area contributed by atoms with E-state index in [0.29, 0.717) is 6.04 Å². The van der Waals surface area contributed by atoms with E-state index in [0.717, 1.165) is 36.8 Å². The molecule has 0 spiro atoms. The Balaban J connectivity index is 1.46. The monoisotopic (exact) mass is 336 g/mol. The van der Waals surface area contributed by atoms with Gasteiger partial charge in [-0.05, 0) is 36.5 Å². The van der Waals surface area contributed by atoms with E-state index in [2.05, 4.69) is 41.3 Å². The summed E-state index contributed by atoms with van der Waals surface area (Å²) in [6, 6.07) is 6.59. The third kappa shape index (κ3) is 3.24. The van der Waals surface area contributed by atoms with Crippen LogP contribution in [0.1, 0.15) is 49.0 Å². The number of hydrogen-bond donors (Lipinski definition) is 1. The van der Waals surface area contributed by atoms with Gasteiger partial charge >= 0.3 is 0 Å². The molecule has 4 rings (SSSR count). The second-order valence-electron chi connectivity index (χ2n) is 7.65. The van der Waals surface area contributed by atoms with E-state index >= 15 is 0 Å². The van der Waals surface area contributed by atoms with Gasteiger partial charge in [0.25, 0.3) is 0 Å². The zero-order valence-electron chi connectivity index (χ0n) is 15.0. The predicted molar refractivity (Wildman–Crippen MR) is 96.5 cm³/mol. The Labute approximate surface area is 148 Å². The molecule has 5 heteroatoms. The number of furan rings is 1. The SMILES string of the molecule is Cc1nccn1-c1ccc(CN[C@H]2CC(C)(C)Cc3occc32)cn1. The van der Waals surface area contributed by atoms with Crippen LogP contribution < -0.4 is 5.32 Å². The van der Waals surface area contributed by atoms with Crippen LogP contribution in [0.25, 0.3) is 5.82 Å². The first-order valence-corrected chi connectivity index (χ1v) is 8.77. The van der Waals surface area contributed by atoms with Gasteiger partial charge in [0.2, 0.25) is 0 Å². The second kappa shape index (κ2) is 6.15. The van der Waals surface area contributed by atoms with Gasteiger partial charge in [-0.25, -0.2) is 9.97 Å². The molecule has 0 saturated carbocycles. The van der Waals surface area contributed by atoms with Gasteiger partial charge in [0, 0.05) is 43.2 Å². The molecule has 3 heterocycles. The lowest BCUT2D eigenvalue weighted by Gasteiger charge is -2.34. The van der Waals surface area contributed by atoms with E-state index in [4.69, 9.17) is 4.42 Å². The number of fused-ring (bicyclic) bond motifs is 1. The first kappa shape index (κ1) is 16.1. The number of rotatable bonds is 4. The Bertz CT molecular complexity index is 860. The molecule has 1 N–H and O–H groups in total. The minimum Gasteiger partial charge on any atom is -0.469 e. The van der Waals surface area contributed by atoms with Gasteiger partial charge in [-0.2, -0.15) is 0 Å². The number of aromatic nitrogens is 3. The quantitative estimate of drug-likeness (QED) is 0.783. The second-order valence-corrected chi connectivity index (χ2v) is 7.65. The molecule has 0 amide bonds. The van der Waals surface area contributed by atoms with Gasteiger partial charge in [-0.15, -0.1) is 0 Å². The summed E-state index contributed by atoms with van der Waals surface area (Å²) in [6.07, 6.45) is 9.59. The fourth-order valence-corrected chi connectivity index (χ4v) is 3.68. The smallest absolute Gasteiger partial charge is 0.137 e. The number of nitrogens with one attached hydrogen (secondary N) is 1. The Morgan fingerprint density at radius 3 is 2.88 bits per heavy atom. The van der Waals surface area contributed by atoms with Crippen LogP contribution in [0.15, 0.2) is 47.5 Å². The Hall–Kier alpha value is -2.40. The number of pyridine rings is 1. The Morgan fingerprint density at radius 2 is 2.16 bits per heavy atom. The summed E-state index contributed by atoms with van der Waals surface area (Å²) in [6.45, 7) is 7.37. The molecule has 1 aliphatic carbocycles. The highest BCUT2D eigenvalue weighted by molar-refractivity contribution is 5.28. The fourth-order valence-electron chi connectivity index (χ4n) is 3.68. The fraction of sp³-hybridized carbons (Fsp3) is 0.400. The standard InChI is InChI=1S/C20H24N4O/c1-14-21-7-8-24(14)19-5-4-15(13-23-19)12-22-17-10-20(2,3)11-18-16(17)6-9-25-18/h4-9,13,17,22H,10-12H2,1-3H3/t17-/m0/s1. The summed E-state index contributed by atoms with van der Waals surface area (Å²) in [5.74, 6) is 2.96. The van der Waals surface area contributed by atoms with Crippen LogP contribution in [-0.2, 0) is 13.0 Å². The van der Waals surface area contributed by atoms with E-state index in [1.54, 1.807) is 6.20 Å². The molecule has 25 heavy (non-hydrogen) atoms. The molecule has 0 saturated heterocycles. The van der Waals surface area contributed by atoms with Crippen molar-refractivity contribution >= 4 is 0 Å². The average Bonchev–Trinajstić information content (AvgIpc) is 3.21. The summed E-state index contributed by atoms with van der Waals surface area (Å²) in [7, 11) is 0. The molecule has 0 bridgehead atoms. The minimum atomic E-state index is 0.254. The van der Waals surface area contributed by atoms with Crippen LogP contribution in [0.2, 0.25) is 0 Å². The van der Waals surface area contributed by atoms with Gasteiger partial charge in [-0.1, -0.05) is 19.9 Å². The number of imidazole rings is 1. The van der Waals surface area contributed by atoms with E-state index in [1.165, 1.54) is 11.1 Å². The predicted octanol–water partition coefficient (Wildman–Crippen LogP) is 3.97. The van der Waals surface area contributed by atoms with E-state index < -0.39 is 0 Å². The van der Waals surface area contributed by atoms with Crippen LogP contribution in [0, 0.1) is 12.3 Å². The van der Waals surface area contributed by atoms with Crippen LogP contribution in [0.5, 0.6) is 0 Å². The number of aryl methyl sites for hydroxylation is 1. The van der Waals surface area contributed by atoms with Crippen molar-refractivity contribution in [3.63, 3.8) is 0 Å². The molecule has 3 aromatic heterocycles. The van der Waals surface area contributed by atoms with Crippen LogP contribution in [-0.4, -0.2) is 14.5 Å². The van der Waals surface area contributed by atoms with Crippen LogP contribution >= 0.6 is 0 Å². The molecule has 0 fully saturated rings. The molecule has 0 radical (unpaired) electrons. The summed E-state index contributed by atoms with van der Waals surface area (Å²) >= 11 is 0. The molecular formula is C20H24N4O. The highest BCUT2D eigenvalue weighted by atomic mass is 16.3. The van der Waals surface area contributed by atoms with Crippen molar-refractivity contribution in [2.75, 3.05) is 0 Å². The summed E-state index contributed by atoms with van der Waals surface area (Å²) in [4.78, 5) is 8.82. The third-order valence-corrected chi connectivity index (χ3v) is 4.99. The maximum absolute atomic E-state index is 5.68. The molecule has 0 aliphatic heterocycles. The topological polar surface area (TPSA) is 55.9 Å². The zero-order valence-corrected chi connectivity index (χ0v) is 15.0. The number of nitrogens with zero attached hydrogens (tertiary/aromatic N) is 3. The lowest BCUT2D eigenvalue weighted by molar-refractivity contribution is 0.235. The lowest BCUT2D eigenvalue weighted by atomic mass is 9.75. The first-order valence-electron chi connectivity index (χ1n) is 8.77. The highest BCUT2D eigenvalue weighted by Crippen LogP contribution is 2.41. The molecule has 0 aromatic carbocycles. The average molecular weight is 336 g/mol. The van der Waals surface area contributed by atoms with E-state index in [9.17, 15) is 0 Å². The van der Waals surface area contributed by atoms with E-state index in [1.807, 2.05) is 36.2 Å². The van der Waals surface area contributed by atoms with Crippen LogP contribution in [0.4, 0.5) is 0 Å². The van der Waals surface area contributed by atoms with Gasteiger partial charge in [0.1, 0.15) is 17.4 Å². The molecule has 1 atom stereocenters. The molecule has 5 nitrogen and oxygen atoms in total. The molecule has 0 unspecified atom stereocenters. The van der Waals surface area contributed by atoms with Gasteiger partial charge in [0.05, 0.1) is 6.26 Å². The third-order valence-electron chi connectivity index (χ3n) is 4.99. The van der Waals surface area contributed by atoms with Gasteiger partial charge in [-0.3, -0.25) is 4.57 Å². The molecule has 3 aromatic rings. The minimum absolute atomic E-state index is 0.254. The van der Waals surface area contributed by atoms with Crippen molar-refractivity contribution in [3.05, 3.63) is 65.8 Å². The molecular weight excluding hydrogens is 312 g/mol. The van der Waals surface area contributed by atoms with Crippen molar-refractivity contribution in [1.82, 2.24) is 19.9 Å². The number of hydrogen-bond acceptors (Lipinski definition) is 4. The molecule has 1 aliphatic rings. The Morgan fingerprint density at radius 1 is 1.28 bits per heavy atom. The van der Waals surface area contributed by atoms with Crippen molar-refractivity contribution in [2.45, 2.75) is 46.2 Å². The Kier molecular flexibility index (Phi) is 3.96. The summed E-state index contributed by atoms with van der Waals surface area (Å²) in [5, 5.41) is 3.68. The van der Waals surface area contributed by atoms with Crippen molar-refractivity contribution in [2.24, 2.45) is 5.41 Å². The maximum Gasteiger partial charge on any atom is 0.137 e. The largest absolute Gasteiger partial charge is 0.469 e. The normalized spacial score (nSPS) is 18.9. The van der Waals surface area contributed by atoms with Gasteiger partial charge < -0.3 is 9.73 Å². The van der Waals surface area contributed by atoms with Crippen molar-refractivity contribution in [3.8, 4) is 5.82 Å². The van der Waals surface area contributed by atoms with Crippen molar-refractivity contribution in [1.29, 1.82) is 0 Å². The van der Waals surface area contributed by atoms with Gasteiger partial charge in [0.15, 0.2) is 0 Å². The van der Waals surface area contributed by atoms with Crippen LogP contribution in [0.3, 0.4) is 0 Å².